The minimum Gasteiger partial charge on any atom is -0.370 e. The molecule has 20 heavy (non-hydrogen) atoms. The van der Waals surface area contributed by atoms with E-state index in [0.29, 0.717) is 12.4 Å². The molecular weight excluding hydrogens is 276 g/mol. The predicted molar refractivity (Wildman–Crippen MR) is 81.0 cm³/mol. The third kappa shape index (κ3) is 3.59. The number of hydrogen-bond donors (Lipinski definition) is 1. The summed E-state index contributed by atoms with van der Waals surface area (Å²) in [4.78, 5) is 10.8. The lowest BCUT2D eigenvalue weighted by molar-refractivity contribution is 0.600. The molecule has 2 heterocycles. The van der Waals surface area contributed by atoms with E-state index >= 15 is 0 Å². The van der Waals surface area contributed by atoms with Crippen LogP contribution in [0.3, 0.4) is 0 Å². The van der Waals surface area contributed by atoms with Crippen molar-refractivity contribution in [2.45, 2.75) is 32.7 Å². The Morgan fingerprint density at radius 1 is 1.45 bits per heavy atom. The van der Waals surface area contributed by atoms with Crippen LogP contribution < -0.4 is 10.2 Å². The summed E-state index contributed by atoms with van der Waals surface area (Å²) in [6.07, 6.45) is 1.67. The molecular formula is C13H22N4O2S. The first kappa shape index (κ1) is 15.0. The average Bonchev–Trinajstić information content (AvgIpc) is 2.75. The van der Waals surface area contributed by atoms with Crippen molar-refractivity contribution in [2.24, 2.45) is 0 Å². The number of anilines is 2. The summed E-state index contributed by atoms with van der Waals surface area (Å²) >= 11 is 0. The fourth-order valence-corrected chi connectivity index (χ4v) is 4.07. The molecule has 0 aromatic carbocycles. The topological polar surface area (TPSA) is 75.2 Å². The highest BCUT2D eigenvalue weighted by molar-refractivity contribution is 7.91. The number of nitrogens with one attached hydrogen (secondary N) is 1. The molecule has 1 fully saturated rings. The minimum absolute atomic E-state index is 0.0270. The van der Waals surface area contributed by atoms with E-state index in [2.05, 4.69) is 22.2 Å². The zero-order valence-corrected chi connectivity index (χ0v) is 13.1. The molecule has 7 heteroatoms. The van der Waals surface area contributed by atoms with Crippen LogP contribution >= 0.6 is 0 Å². The summed E-state index contributed by atoms with van der Waals surface area (Å²) in [5.41, 5.74) is 0.876. The largest absolute Gasteiger partial charge is 0.370 e. The summed E-state index contributed by atoms with van der Waals surface area (Å²) in [5, 5.41) is 3.24. The van der Waals surface area contributed by atoms with Gasteiger partial charge in [0, 0.05) is 31.4 Å². The molecule has 1 unspecified atom stereocenters. The van der Waals surface area contributed by atoms with Crippen molar-refractivity contribution in [2.75, 3.05) is 35.3 Å². The van der Waals surface area contributed by atoms with Crippen LogP contribution in [0.2, 0.25) is 0 Å². The van der Waals surface area contributed by atoms with Gasteiger partial charge < -0.3 is 10.2 Å². The fraction of sp³-hybridized carbons (Fsp3) is 0.692. The maximum Gasteiger partial charge on any atom is 0.227 e. The van der Waals surface area contributed by atoms with E-state index < -0.39 is 9.84 Å². The molecule has 1 aliphatic rings. The average molecular weight is 298 g/mol. The van der Waals surface area contributed by atoms with Gasteiger partial charge >= 0.3 is 0 Å². The Bertz CT molecular complexity index is 574. The molecule has 1 saturated heterocycles. The van der Waals surface area contributed by atoms with E-state index in [4.69, 9.17) is 0 Å². The Morgan fingerprint density at radius 3 is 2.80 bits per heavy atom. The summed E-state index contributed by atoms with van der Waals surface area (Å²) < 4.78 is 23.1. The van der Waals surface area contributed by atoms with Crippen LogP contribution in [0.4, 0.5) is 11.8 Å². The highest BCUT2D eigenvalue weighted by atomic mass is 32.2. The molecule has 0 bridgehead atoms. The van der Waals surface area contributed by atoms with E-state index in [-0.39, 0.29) is 17.5 Å². The van der Waals surface area contributed by atoms with Gasteiger partial charge in [0.25, 0.3) is 0 Å². The summed E-state index contributed by atoms with van der Waals surface area (Å²) in [7, 11) is -1.03. The van der Waals surface area contributed by atoms with E-state index in [1.165, 1.54) is 0 Å². The minimum atomic E-state index is -2.90. The van der Waals surface area contributed by atoms with Gasteiger partial charge in [0.15, 0.2) is 9.84 Å². The lowest BCUT2D eigenvalue weighted by Crippen LogP contribution is -2.34. The van der Waals surface area contributed by atoms with Crippen LogP contribution in [0.25, 0.3) is 0 Å². The highest BCUT2D eigenvalue weighted by Gasteiger charge is 2.31. The number of aromatic nitrogens is 2. The second-order valence-corrected chi connectivity index (χ2v) is 7.52. The summed E-state index contributed by atoms with van der Waals surface area (Å²) in [5.74, 6) is 1.83. The number of sulfone groups is 1. The van der Waals surface area contributed by atoms with Gasteiger partial charge in [0.05, 0.1) is 11.5 Å². The molecule has 0 spiro atoms. The standard InChI is InChI=1S/C13H22N4O2S/c1-4-6-14-12-8-10(2)15-13(16-12)17(3)11-5-7-20(18,19)9-11/h8,11H,4-7,9H2,1-3H3,(H,14,15,16). The lowest BCUT2D eigenvalue weighted by Gasteiger charge is -2.24. The van der Waals surface area contributed by atoms with Gasteiger partial charge in [-0.1, -0.05) is 6.92 Å². The SMILES string of the molecule is CCCNc1cc(C)nc(N(C)C2CCS(=O)(=O)C2)n1. The quantitative estimate of drug-likeness (QED) is 0.881. The van der Waals surface area contributed by atoms with Crippen LogP contribution in [0.15, 0.2) is 6.07 Å². The first-order valence-corrected chi connectivity index (χ1v) is 8.76. The van der Waals surface area contributed by atoms with Crippen molar-refractivity contribution >= 4 is 21.6 Å². The molecule has 0 radical (unpaired) electrons. The van der Waals surface area contributed by atoms with Crippen LogP contribution in [-0.4, -0.2) is 49.5 Å². The molecule has 1 aliphatic heterocycles. The monoisotopic (exact) mass is 298 g/mol. The molecule has 0 aliphatic carbocycles. The van der Waals surface area contributed by atoms with Crippen molar-refractivity contribution in [1.29, 1.82) is 0 Å². The molecule has 0 saturated carbocycles. The normalized spacial score (nSPS) is 20.9. The van der Waals surface area contributed by atoms with E-state index in [9.17, 15) is 8.42 Å². The Morgan fingerprint density at radius 2 is 2.20 bits per heavy atom. The maximum atomic E-state index is 11.6. The first-order chi connectivity index (χ1) is 9.41. The van der Waals surface area contributed by atoms with Gasteiger partial charge in [0.1, 0.15) is 5.82 Å². The molecule has 1 aromatic rings. The fourth-order valence-electron chi connectivity index (χ4n) is 2.30. The van der Waals surface area contributed by atoms with Gasteiger partial charge in [-0.2, -0.15) is 4.98 Å². The van der Waals surface area contributed by atoms with Crippen molar-refractivity contribution in [1.82, 2.24) is 9.97 Å². The smallest absolute Gasteiger partial charge is 0.227 e. The first-order valence-electron chi connectivity index (χ1n) is 6.94. The number of aryl methyl sites for hydroxylation is 1. The van der Waals surface area contributed by atoms with Crippen LogP contribution in [0.5, 0.6) is 0 Å². The zero-order chi connectivity index (χ0) is 14.8. The van der Waals surface area contributed by atoms with Crippen molar-refractivity contribution in [3.05, 3.63) is 11.8 Å². The van der Waals surface area contributed by atoms with Gasteiger partial charge in [-0.3, -0.25) is 0 Å². The Kier molecular flexibility index (Phi) is 4.47. The lowest BCUT2D eigenvalue weighted by atomic mass is 10.2. The Labute approximate surface area is 120 Å². The van der Waals surface area contributed by atoms with Crippen molar-refractivity contribution in [3.63, 3.8) is 0 Å². The summed E-state index contributed by atoms with van der Waals surface area (Å²) in [6.45, 7) is 4.87. The number of rotatable bonds is 5. The molecule has 0 amide bonds. The molecule has 1 aromatic heterocycles. The van der Waals surface area contributed by atoms with Gasteiger partial charge in [-0.05, 0) is 19.8 Å². The maximum absolute atomic E-state index is 11.6. The van der Waals surface area contributed by atoms with Gasteiger partial charge in [-0.15, -0.1) is 0 Å². The molecule has 112 valence electrons. The number of hydrogen-bond acceptors (Lipinski definition) is 6. The van der Waals surface area contributed by atoms with E-state index in [1.54, 1.807) is 0 Å². The highest BCUT2D eigenvalue weighted by Crippen LogP contribution is 2.21. The molecule has 2 rings (SSSR count). The Balaban J connectivity index is 2.17. The zero-order valence-electron chi connectivity index (χ0n) is 12.3. The number of nitrogens with zero attached hydrogens (tertiary/aromatic N) is 3. The third-order valence-corrected chi connectivity index (χ3v) is 5.22. The second-order valence-electron chi connectivity index (χ2n) is 5.29. The van der Waals surface area contributed by atoms with Crippen LogP contribution in [-0.2, 0) is 9.84 Å². The van der Waals surface area contributed by atoms with Gasteiger partial charge in [-0.25, -0.2) is 13.4 Å². The molecule has 1 N–H and O–H groups in total. The second kappa shape index (κ2) is 5.95. The van der Waals surface area contributed by atoms with Crippen molar-refractivity contribution < 1.29 is 8.42 Å². The van der Waals surface area contributed by atoms with Crippen LogP contribution in [0.1, 0.15) is 25.5 Å². The van der Waals surface area contributed by atoms with E-state index in [1.807, 2.05) is 24.9 Å². The third-order valence-electron chi connectivity index (χ3n) is 3.47. The Hall–Kier alpha value is -1.37. The predicted octanol–water partition coefficient (Wildman–Crippen LogP) is 1.23. The van der Waals surface area contributed by atoms with Crippen molar-refractivity contribution in [3.8, 4) is 0 Å². The van der Waals surface area contributed by atoms with Gasteiger partial charge in [0.2, 0.25) is 5.95 Å². The molecule has 6 nitrogen and oxygen atoms in total. The summed E-state index contributed by atoms with van der Waals surface area (Å²) in [6, 6.07) is 1.87. The molecule has 1 atom stereocenters. The van der Waals surface area contributed by atoms with E-state index in [0.717, 1.165) is 24.5 Å². The van der Waals surface area contributed by atoms with Crippen LogP contribution in [0, 0.1) is 6.92 Å².